The van der Waals surface area contributed by atoms with Gasteiger partial charge in [-0.25, -0.2) is 4.79 Å². The zero-order valence-electron chi connectivity index (χ0n) is 14.2. The molecule has 0 atom stereocenters. The number of aromatic nitrogens is 2. The van der Waals surface area contributed by atoms with Gasteiger partial charge in [-0.15, -0.1) is 0 Å². The van der Waals surface area contributed by atoms with Crippen LogP contribution in [-0.4, -0.2) is 32.5 Å². The normalized spacial score (nSPS) is 28.5. The Hall–Kier alpha value is -1.92. The molecule has 7 nitrogen and oxygen atoms in total. The Balaban J connectivity index is 1.75. The summed E-state index contributed by atoms with van der Waals surface area (Å²) in [6.07, 6.45) is 3.32. The minimum atomic E-state index is -0.722. The Bertz CT molecular complexity index is 624. The van der Waals surface area contributed by atoms with E-state index in [0.717, 1.165) is 12.8 Å². The molecule has 2 fully saturated rings. The number of urea groups is 1. The number of amides is 3. The van der Waals surface area contributed by atoms with Crippen molar-refractivity contribution in [1.82, 2.24) is 20.4 Å². The third-order valence-corrected chi connectivity index (χ3v) is 4.78. The van der Waals surface area contributed by atoms with Gasteiger partial charge < -0.3 is 9.84 Å². The number of carbonyl (C=O) groups excluding carboxylic acids is 2. The maximum absolute atomic E-state index is 12.8. The fourth-order valence-corrected chi connectivity index (χ4v) is 3.18. The third-order valence-electron chi connectivity index (χ3n) is 4.78. The van der Waals surface area contributed by atoms with Crippen LogP contribution in [0.2, 0.25) is 0 Å². The van der Waals surface area contributed by atoms with Gasteiger partial charge in [-0.1, -0.05) is 32.9 Å². The van der Waals surface area contributed by atoms with Crippen LogP contribution in [0.15, 0.2) is 4.52 Å². The molecule has 1 N–H and O–H groups in total. The van der Waals surface area contributed by atoms with Crippen LogP contribution in [0.25, 0.3) is 0 Å². The first-order valence-corrected chi connectivity index (χ1v) is 8.18. The predicted molar refractivity (Wildman–Crippen MR) is 82.4 cm³/mol. The molecule has 1 aliphatic carbocycles. The van der Waals surface area contributed by atoms with Crippen LogP contribution in [0, 0.1) is 5.92 Å². The molecule has 1 aromatic heterocycles. The maximum Gasteiger partial charge on any atom is 0.325 e. The van der Waals surface area contributed by atoms with Crippen molar-refractivity contribution in [3.63, 3.8) is 0 Å². The van der Waals surface area contributed by atoms with Crippen LogP contribution >= 0.6 is 0 Å². The summed E-state index contributed by atoms with van der Waals surface area (Å²) >= 11 is 0. The smallest absolute Gasteiger partial charge is 0.325 e. The lowest BCUT2D eigenvalue weighted by atomic mass is 9.77. The molecule has 3 amide bonds. The lowest BCUT2D eigenvalue weighted by Gasteiger charge is -2.33. The number of nitrogens with zero attached hydrogens (tertiary/aromatic N) is 3. The summed E-state index contributed by atoms with van der Waals surface area (Å²) in [5.41, 5.74) is -0.983. The molecule has 2 heterocycles. The Morgan fingerprint density at radius 1 is 1.30 bits per heavy atom. The van der Waals surface area contributed by atoms with Crippen molar-refractivity contribution < 1.29 is 14.1 Å². The van der Waals surface area contributed by atoms with Gasteiger partial charge in [0.15, 0.2) is 5.82 Å². The summed E-state index contributed by atoms with van der Waals surface area (Å²) in [4.78, 5) is 30.5. The summed E-state index contributed by atoms with van der Waals surface area (Å²) in [5, 5.41) is 6.80. The van der Waals surface area contributed by atoms with Gasteiger partial charge in [-0.2, -0.15) is 4.98 Å². The van der Waals surface area contributed by atoms with Gasteiger partial charge in [-0.05, 0) is 31.6 Å². The molecule has 1 aliphatic heterocycles. The van der Waals surface area contributed by atoms with Gasteiger partial charge in [0, 0.05) is 5.41 Å². The predicted octanol–water partition coefficient (Wildman–Crippen LogP) is 2.37. The van der Waals surface area contributed by atoms with Crippen molar-refractivity contribution in [2.24, 2.45) is 5.92 Å². The second-order valence-electron chi connectivity index (χ2n) is 7.85. The lowest BCUT2D eigenvalue weighted by molar-refractivity contribution is -0.133. The van der Waals surface area contributed by atoms with E-state index in [0.29, 0.717) is 30.5 Å². The summed E-state index contributed by atoms with van der Waals surface area (Å²) in [6, 6.07) is -0.355. The standard InChI is InChI=1S/C16H24N4O3/c1-10-5-7-16(8-6-10)13(21)20(14(22)18-16)9-11-17-12(23-19-11)15(2,3)4/h10H,5-9H2,1-4H3,(H,18,22). The van der Waals surface area contributed by atoms with E-state index < -0.39 is 5.54 Å². The third kappa shape index (κ3) is 2.84. The maximum atomic E-state index is 12.8. The van der Waals surface area contributed by atoms with E-state index in [1.807, 2.05) is 20.8 Å². The fraction of sp³-hybridized carbons (Fsp3) is 0.750. The molecule has 1 spiro atoms. The number of hydrogen-bond acceptors (Lipinski definition) is 5. The summed E-state index contributed by atoms with van der Waals surface area (Å²) in [5.74, 6) is 1.31. The average molecular weight is 320 g/mol. The van der Waals surface area contributed by atoms with Gasteiger partial charge in [0.2, 0.25) is 5.89 Å². The molecule has 3 rings (SSSR count). The van der Waals surface area contributed by atoms with Crippen LogP contribution in [0.5, 0.6) is 0 Å². The molecule has 23 heavy (non-hydrogen) atoms. The molecular weight excluding hydrogens is 296 g/mol. The minimum absolute atomic E-state index is 0.0571. The summed E-state index contributed by atoms with van der Waals surface area (Å²) in [7, 11) is 0. The molecule has 1 aromatic rings. The quantitative estimate of drug-likeness (QED) is 0.845. The Morgan fingerprint density at radius 3 is 2.52 bits per heavy atom. The van der Waals surface area contributed by atoms with Gasteiger partial charge in [0.25, 0.3) is 5.91 Å². The van der Waals surface area contributed by atoms with Crippen LogP contribution in [-0.2, 0) is 16.8 Å². The largest absolute Gasteiger partial charge is 0.339 e. The molecule has 0 aromatic carbocycles. The SMILES string of the molecule is CC1CCC2(CC1)NC(=O)N(Cc1noc(C(C)(C)C)n1)C2=O. The molecule has 0 bridgehead atoms. The van der Waals surface area contributed by atoms with Crippen molar-refractivity contribution in [3.8, 4) is 0 Å². The Morgan fingerprint density at radius 2 is 1.96 bits per heavy atom. The molecule has 2 aliphatic rings. The topological polar surface area (TPSA) is 88.3 Å². The van der Waals surface area contributed by atoms with Crippen molar-refractivity contribution in [1.29, 1.82) is 0 Å². The molecular formula is C16H24N4O3. The van der Waals surface area contributed by atoms with Crippen LogP contribution < -0.4 is 5.32 Å². The number of nitrogens with one attached hydrogen (secondary N) is 1. The Kier molecular flexibility index (Phi) is 3.69. The number of hydrogen-bond donors (Lipinski definition) is 1. The first kappa shape index (κ1) is 16.0. The molecule has 1 saturated heterocycles. The molecule has 0 radical (unpaired) electrons. The highest BCUT2D eigenvalue weighted by molar-refractivity contribution is 6.06. The molecule has 126 valence electrons. The highest BCUT2D eigenvalue weighted by Gasteiger charge is 2.52. The number of carbonyl (C=O) groups is 2. The van der Waals surface area contributed by atoms with Crippen molar-refractivity contribution >= 4 is 11.9 Å². The van der Waals surface area contributed by atoms with Crippen LogP contribution in [0.3, 0.4) is 0 Å². The number of rotatable bonds is 2. The highest BCUT2D eigenvalue weighted by Crippen LogP contribution is 2.36. The van der Waals surface area contributed by atoms with E-state index in [1.54, 1.807) is 0 Å². The van der Waals surface area contributed by atoms with Crippen molar-refractivity contribution in [2.75, 3.05) is 0 Å². The van der Waals surface area contributed by atoms with Gasteiger partial charge in [-0.3, -0.25) is 9.69 Å². The Labute approximate surface area is 135 Å². The van der Waals surface area contributed by atoms with E-state index >= 15 is 0 Å². The lowest BCUT2D eigenvalue weighted by Crippen LogP contribution is -2.49. The first-order valence-electron chi connectivity index (χ1n) is 8.18. The zero-order chi connectivity index (χ0) is 16.8. The van der Waals surface area contributed by atoms with E-state index in [4.69, 9.17) is 4.52 Å². The van der Waals surface area contributed by atoms with Crippen molar-refractivity contribution in [3.05, 3.63) is 11.7 Å². The van der Waals surface area contributed by atoms with Gasteiger partial charge >= 0.3 is 6.03 Å². The average Bonchev–Trinajstić information content (AvgIpc) is 3.02. The molecule has 7 heteroatoms. The highest BCUT2D eigenvalue weighted by atomic mass is 16.5. The minimum Gasteiger partial charge on any atom is -0.339 e. The van der Waals surface area contributed by atoms with Gasteiger partial charge in [0.05, 0.1) is 6.54 Å². The van der Waals surface area contributed by atoms with Crippen molar-refractivity contribution in [2.45, 2.75) is 70.9 Å². The summed E-state index contributed by atoms with van der Waals surface area (Å²) < 4.78 is 5.23. The summed E-state index contributed by atoms with van der Waals surface area (Å²) in [6.45, 7) is 8.14. The van der Waals surface area contributed by atoms with Gasteiger partial charge in [0.1, 0.15) is 5.54 Å². The molecule has 1 saturated carbocycles. The van der Waals surface area contributed by atoms with E-state index in [-0.39, 0.29) is 23.9 Å². The van der Waals surface area contributed by atoms with Crippen LogP contribution in [0.4, 0.5) is 4.79 Å². The zero-order valence-corrected chi connectivity index (χ0v) is 14.2. The van der Waals surface area contributed by atoms with E-state index in [9.17, 15) is 9.59 Å². The van der Waals surface area contributed by atoms with E-state index in [2.05, 4.69) is 22.4 Å². The number of imide groups is 1. The van der Waals surface area contributed by atoms with Crippen LogP contribution in [0.1, 0.15) is 65.1 Å². The second-order valence-corrected chi connectivity index (χ2v) is 7.85. The van der Waals surface area contributed by atoms with E-state index in [1.165, 1.54) is 4.90 Å². The first-order chi connectivity index (χ1) is 10.7. The molecule has 0 unspecified atom stereocenters. The fourth-order valence-electron chi connectivity index (χ4n) is 3.18. The second kappa shape index (κ2) is 5.32. The monoisotopic (exact) mass is 320 g/mol.